The molecule has 0 unspecified atom stereocenters. The average Bonchev–Trinajstić information content (AvgIpc) is 3.38. The molecule has 11 nitrogen and oxygen atoms in total. The van der Waals surface area contributed by atoms with Crippen molar-refractivity contribution in [1.29, 1.82) is 0 Å². The molecule has 0 aliphatic carbocycles. The maximum atomic E-state index is 11.8. The predicted molar refractivity (Wildman–Crippen MR) is 123 cm³/mol. The van der Waals surface area contributed by atoms with E-state index >= 15 is 0 Å². The first-order valence-electron chi connectivity index (χ1n) is 9.53. The summed E-state index contributed by atoms with van der Waals surface area (Å²) in [5, 5.41) is 16.9. The van der Waals surface area contributed by atoms with Crippen LogP contribution in [0.2, 0.25) is 0 Å². The fourth-order valence-corrected chi connectivity index (χ4v) is 4.45. The number of anilines is 2. The Kier molecular flexibility index (Phi) is 5.93. The van der Waals surface area contributed by atoms with Gasteiger partial charge in [0.1, 0.15) is 12.1 Å². The van der Waals surface area contributed by atoms with Crippen LogP contribution in [0.15, 0.2) is 52.5 Å². The van der Waals surface area contributed by atoms with Crippen molar-refractivity contribution in [3.63, 3.8) is 0 Å². The number of hydrogen-bond donors (Lipinski definition) is 3. The lowest BCUT2D eigenvalue weighted by Gasteiger charge is -2.28. The van der Waals surface area contributed by atoms with Crippen LogP contribution >= 0.6 is 11.3 Å². The van der Waals surface area contributed by atoms with E-state index < -0.39 is 22.7 Å². The van der Waals surface area contributed by atoms with Crippen LogP contribution in [0.1, 0.15) is 10.6 Å². The molecule has 0 radical (unpaired) electrons. The summed E-state index contributed by atoms with van der Waals surface area (Å²) in [6, 6.07) is 10.6. The summed E-state index contributed by atoms with van der Waals surface area (Å²) in [4.78, 5) is 16.1. The second-order valence-corrected chi connectivity index (χ2v) is 9.58. The third-order valence-corrected chi connectivity index (χ3v) is 6.61. The molecule has 3 N–H and O–H groups in total. The highest BCUT2D eigenvalue weighted by molar-refractivity contribution is 7.85. The van der Waals surface area contributed by atoms with E-state index in [1.807, 2.05) is 13.8 Å². The topological polar surface area (TPSA) is 145 Å². The van der Waals surface area contributed by atoms with Crippen molar-refractivity contribution in [2.45, 2.75) is 18.7 Å². The Morgan fingerprint density at radius 1 is 1.21 bits per heavy atom. The molecule has 1 aliphatic rings. The van der Waals surface area contributed by atoms with Crippen molar-refractivity contribution in [3.05, 3.63) is 53.0 Å². The fourth-order valence-electron chi connectivity index (χ4n) is 3.08. The lowest BCUT2D eigenvalue weighted by atomic mass is 10.0. The number of hydrazone groups is 1. The molecule has 0 saturated carbocycles. The second kappa shape index (κ2) is 8.69. The van der Waals surface area contributed by atoms with Gasteiger partial charge in [0.25, 0.3) is 10.1 Å². The van der Waals surface area contributed by atoms with Crippen molar-refractivity contribution >= 4 is 44.6 Å². The number of carboxylic acids is 1. The number of aromatic nitrogens is 1. The van der Waals surface area contributed by atoms with Crippen LogP contribution in [0.25, 0.3) is 11.1 Å². The summed E-state index contributed by atoms with van der Waals surface area (Å²) < 4.78 is 38.5. The third-order valence-electron chi connectivity index (χ3n) is 4.73. The van der Waals surface area contributed by atoms with Crippen LogP contribution < -0.4 is 20.4 Å². The van der Waals surface area contributed by atoms with E-state index in [4.69, 9.17) is 9.84 Å². The lowest BCUT2D eigenvalue weighted by molar-refractivity contribution is -0.139. The van der Waals surface area contributed by atoms with Crippen LogP contribution in [0, 0.1) is 13.8 Å². The van der Waals surface area contributed by atoms with Gasteiger partial charge in [-0.15, -0.1) is 10.2 Å². The van der Waals surface area contributed by atoms with E-state index in [0.717, 1.165) is 10.6 Å². The van der Waals surface area contributed by atoms with Crippen molar-refractivity contribution in [3.8, 4) is 16.9 Å². The van der Waals surface area contributed by atoms with Gasteiger partial charge in [0.05, 0.1) is 16.3 Å². The third kappa shape index (κ3) is 4.74. The number of thiazole rings is 1. The van der Waals surface area contributed by atoms with E-state index in [1.165, 1.54) is 41.0 Å². The minimum absolute atomic E-state index is 0.284. The quantitative estimate of drug-likeness (QED) is 0.424. The van der Waals surface area contributed by atoms with Gasteiger partial charge in [0.15, 0.2) is 6.61 Å². The number of benzene rings is 2. The SMILES string of the molecule is Cc1nc(N2N=CNN2c2ccc(S(=O)(=O)O)cc2-c2cccc(OCC(=O)O)c2)sc1C. The highest BCUT2D eigenvalue weighted by atomic mass is 32.2. The van der Waals surface area contributed by atoms with Gasteiger partial charge in [-0.05, 0) is 49.7 Å². The molecule has 1 aromatic heterocycles. The molecular formula is C20H19N5O6S2. The van der Waals surface area contributed by atoms with Crippen molar-refractivity contribution in [2.75, 3.05) is 16.8 Å². The molecule has 0 saturated heterocycles. The molecule has 4 rings (SSSR count). The first-order valence-corrected chi connectivity index (χ1v) is 11.8. The first kappa shape index (κ1) is 22.5. The molecule has 0 atom stereocenters. The molecule has 33 heavy (non-hydrogen) atoms. The Morgan fingerprint density at radius 3 is 2.67 bits per heavy atom. The van der Waals surface area contributed by atoms with Crippen LogP contribution in [0.5, 0.6) is 5.75 Å². The molecule has 0 amide bonds. The minimum Gasteiger partial charge on any atom is -0.482 e. The van der Waals surface area contributed by atoms with E-state index in [-0.39, 0.29) is 10.6 Å². The zero-order valence-electron chi connectivity index (χ0n) is 17.5. The molecular weight excluding hydrogens is 470 g/mol. The Labute approximate surface area is 193 Å². The minimum atomic E-state index is -4.48. The second-order valence-electron chi connectivity index (χ2n) is 6.98. The van der Waals surface area contributed by atoms with Crippen LogP contribution in [-0.4, -0.2) is 42.0 Å². The molecule has 0 fully saturated rings. The normalized spacial score (nSPS) is 13.3. The zero-order valence-corrected chi connectivity index (χ0v) is 19.1. The van der Waals surface area contributed by atoms with Crippen molar-refractivity contribution < 1.29 is 27.6 Å². The summed E-state index contributed by atoms with van der Waals surface area (Å²) >= 11 is 1.44. The molecule has 172 valence electrons. The lowest BCUT2D eigenvalue weighted by Crippen LogP contribution is -2.43. The largest absolute Gasteiger partial charge is 0.482 e. The summed E-state index contributed by atoms with van der Waals surface area (Å²) in [5.74, 6) is -0.843. The zero-order chi connectivity index (χ0) is 23.8. The van der Waals surface area contributed by atoms with Crippen LogP contribution in [0.4, 0.5) is 10.8 Å². The molecule has 0 spiro atoms. The van der Waals surface area contributed by atoms with Gasteiger partial charge in [0, 0.05) is 10.4 Å². The predicted octanol–water partition coefficient (Wildman–Crippen LogP) is 2.83. The van der Waals surface area contributed by atoms with Crippen LogP contribution in [-0.2, 0) is 14.9 Å². The summed E-state index contributed by atoms with van der Waals surface area (Å²) in [6.07, 6.45) is 1.46. The van der Waals surface area contributed by atoms with E-state index in [0.29, 0.717) is 21.9 Å². The number of hydrazine groups is 2. The Bertz CT molecular complexity index is 1340. The highest BCUT2D eigenvalue weighted by Crippen LogP contribution is 2.37. The number of hydrogen-bond acceptors (Lipinski definition) is 10. The number of aryl methyl sites for hydroxylation is 2. The fraction of sp³-hybridized carbons (Fsp3) is 0.150. The summed E-state index contributed by atoms with van der Waals surface area (Å²) in [6.45, 7) is 3.31. The maximum Gasteiger partial charge on any atom is 0.341 e. The molecule has 13 heteroatoms. The van der Waals surface area contributed by atoms with Gasteiger partial charge in [-0.25, -0.2) is 9.78 Å². The van der Waals surface area contributed by atoms with E-state index in [9.17, 15) is 17.8 Å². The Balaban J connectivity index is 1.81. The van der Waals surface area contributed by atoms with Gasteiger partial charge >= 0.3 is 5.97 Å². The number of rotatable bonds is 7. The van der Waals surface area contributed by atoms with Gasteiger partial charge in [0.2, 0.25) is 5.13 Å². The number of ether oxygens (including phenoxy) is 1. The van der Waals surface area contributed by atoms with Crippen molar-refractivity contribution in [1.82, 2.24) is 10.4 Å². The van der Waals surface area contributed by atoms with Crippen LogP contribution in [0.3, 0.4) is 0 Å². The first-order chi connectivity index (χ1) is 15.6. The number of carboxylic acid groups (broad SMARTS) is 1. The van der Waals surface area contributed by atoms with Crippen molar-refractivity contribution in [2.24, 2.45) is 5.10 Å². The van der Waals surface area contributed by atoms with Gasteiger partial charge in [-0.3, -0.25) is 9.98 Å². The summed E-state index contributed by atoms with van der Waals surface area (Å²) in [7, 11) is -4.48. The Hall–Kier alpha value is -3.68. The number of carbonyl (C=O) groups is 1. The highest BCUT2D eigenvalue weighted by Gasteiger charge is 2.27. The molecule has 0 bridgehead atoms. The van der Waals surface area contributed by atoms with Gasteiger partial charge < -0.3 is 9.84 Å². The van der Waals surface area contributed by atoms with Gasteiger partial charge in [-0.2, -0.15) is 13.5 Å². The molecule has 2 heterocycles. The number of aliphatic carboxylic acids is 1. The average molecular weight is 490 g/mol. The monoisotopic (exact) mass is 489 g/mol. The standard InChI is InChI=1S/C20H19N5O6S2/c1-12-13(2)32-20(23-12)25-22-11-21-24(25)18-7-6-16(33(28,29)30)9-17(18)14-4-3-5-15(8-14)31-10-19(26)27/h3-9,11H,10H2,1-2H3,(H,21,22)(H,26,27)(H,28,29,30). The Morgan fingerprint density at radius 2 is 2.00 bits per heavy atom. The summed E-state index contributed by atoms with van der Waals surface area (Å²) in [5.41, 5.74) is 5.29. The van der Waals surface area contributed by atoms with Gasteiger partial charge in [-0.1, -0.05) is 23.5 Å². The maximum absolute atomic E-state index is 11.8. The molecule has 2 aromatic carbocycles. The number of nitrogens with zero attached hydrogens (tertiary/aromatic N) is 4. The van der Waals surface area contributed by atoms with E-state index in [2.05, 4.69) is 15.5 Å². The molecule has 3 aromatic rings. The molecule has 1 aliphatic heterocycles. The number of nitrogens with one attached hydrogen (secondary N) is 1. The van der Waals surface area contributed by atoms with E-state index in [1.54, 1.807) is 29.4 Å². The smallest absolute Gasteiger partial charge is 0.341 e.